The van der Waals surface area contributed by atoms with E-state index in [2.05, 4.69) is 22.2 Å². The monoisotopic (exact) mass is 397 g/mol. The molecule has 3 rings (SSSR count). The topological polar surface area (TPSA) is 54.9 Å². The van der Waals surface area contributed by atoms with Crippen molar-refractivity contribution in [3.63, 3.8) is 0 Å². The SMILES string of the molecule is CCc1cc2c(Cl)nc(SCC(=O)Nc3ccccc3Cl)nc2s1. The molecule has 0 spiro atoms. The van der Waals surface area contributed by atoms with E-state index in [-0.39, 0.29) is 11.7 Å². The normalized spacial score (nSPS) is 11.0. The number of para-hydroxylation sites is 1. The Morgan fingerprint density at radius 3 is 2.83 bits per heavy atom. The van der Waals surface area contributed by atoms with Gasteiger partial charge in [-0.15, -0.1) is 11.3 Å². The molecule has 2 aromatic heterocycles. The van der Waals surface area contributed by atoms with Gasteiger partial charge in [0.25, 0.3) is 0 Å². The Kier molecular flexibility index (Phi) is 5.61. The minimum atomic E-state index is -0.173. The summed E-state index contributed by atoms with van der Waals surface area (Å²) in [7, 11) is 0. The smallest absolute Gasteiger partial charge is 0.234 e. The van der Waals surface area contributed by atoms with Gasteiger partial charge in [-0.05, 0) is 24.6 Å². The third-order valence-electron chi connectivity index (χ3n) is 3.21. The summed E-state index contributed by atoms with van der Waals surface area (Å²) in [4.78, 5) is 22.9. The van der Waals surface area contributed by atoms with Crippen LogP contribution in [0.4, 0.5) is 5.69 Å². The average Bonchev–Trinajstić information content (AvgIpc) is 2.99. The van der Waals surface area contributed by atoms with Crippen molar-refractivity contribution in [3.8, 4) is 0 Å². The van der Waals surface area contributed by atoms with Crippen molar-refractivity contribution in [3.05, 3.63) is 45.4 Å². The fourth-order valence-corrected chi connectivity index (χ4v) is 4.22. The number of rotatable bonds is 5. The molecule has 0 bridgehead atoms. The lowest BCUT2D eigenvalue weighted by Gasteiger charge is -2.06. The zero-order valence-electron chi connectivity index (χ0n) is 12.7. The van der Waals surface area contributed by atoms with Gasteiger partial charge >= 0.3 is 0 Å². The van der Waals surface area contributed by atoms with Crippen LogP contribution in [0.25, 0.3) is 10.2 Å². The van der Waals surface area contributed by atoms with Crippen LogP contribution in [0, 0.1) is 0 Å². The van der Waals surface area contributed by atoms with Crippen molar-refractivity contribution >= 4 is 68.1 Å². The first kappa shape index (κ1) is 17.5. The lowest BCUT2D eigenvalue weighted by molar-refractivity contribution is -0.113. The summed E-state index contributed by atoms with van der Waals surface area (Å²) in [6.45, 7) is 2.08. The van der Waals surface area contributed by atoms with Gasteiger partial charge in [0.1, 0.15) is 9.98 Å². The first-order valence-electron chi connectivity index (χ1n) is 7.20. The Morgan fingerprint density at radius 2 is 2.08 bits per heavy atom. The number of hydrogen-bond donors (Lipinski definition) is 1. The van der Waals surface area contributed by atoms with E-state index in [1.807, 2.05) is 18.2 Å². The quantitative estimate of drug-likeness (QED) is 0.360. The van der Waals surface area contributed by atoms with Crippen molar-refractivity contribution < 1.29 is 4.79 Å². The number of amides is 1. The predicted octanol–water partition coefficient (Wildman–Crippen LogP) is 5.29. The number of fused-ring (bicyclic) bond motifs is 1. The number of benzene rings is 1. The number of nitrogens with zero attached hydrogens (tertiary/aromatic N) is 2. The molecular weight excluding hydrogens is 385 g/mol. The Balaban J connectivity index is 1.69. The van der Waals surface area contributed by atoms with E-state index < -0.39 is 0 Å². The molecule has 0 aliphatic rings. The Morgan fingerprint density at radius 1 is 1.29 bits per heavy atom. The molecule has 1 N–H and O–H groups in total. The number of thioether (sulfide) groups is 1. The van der Waals surface area contributed by atoms with Gasteiger partial charge in [0.05, 0.1) is 16.5 Å². The van der Waals surface area contributed by atoms with Gasteiger partial charge in [-0.25, -0.2) is 9.97 Å². The molecule has 0 saturated carbocycles. The average molecular weight is 398 g/mol. The minimum absolute atomic E-state index is 0.173. The van der Waals surface area contributed by atoms with Crippen LogP contribution >= 0.6 is 46.3 Å². The summed E-state index contributed by atoms with van der Waals surface area (Å²) in [5.74, 6) is 0.00680. The van der Waals surface area contributed by atoms with E-state index in [1.165, 1.54) is 16.6 Å². The summed E-state index contributed by atoms with van der Waals surface area (Å²) >= 11 is 15.1. The minimum Gasteiger partial charge on any atom is -0.324 e. The Bertz CT molecular complexity index is 898. The number of carbonyl (C=O) groups excluding carboxylic acids is 1. The number of nitrogens with one attached hydrogen (secondary N) is 1. The van der Waals surface area contributed by atoms with Crippen molar-refractivity contribution in [1.29, 1.82) is 0 Å². The molecule has 1 aromatic carbocycles. The summed E-state index contributed by atoms with van der Waals surface area (Å²) in [6.07, 6.45) is 0.931. The molecule has 24 heavy (non-hydrogen) atoms. The highest BCUT2D eigenvalue weighted by molar-refractivity contribution is 7.99. The highest BCUT2D eigenvalue weighted by atomic mass is 35.5. The third-order valence-corrected chi connectivity index (χ3v) is 5.84. The fourth-order valence-electron chi connectivity index (χ4n) is 2.04. The van der Waals surface area contributed by atoms with Gasteiger partial charge in [0, 0.05) is 10.3 Å². The molecule has 4 nitrogen and oxygen atoms in total. The van der Waals surface area contributed by atoms with Gasteiger partial charge in [-0.2, -0.15) is 0 Å². The molecule has 0 aliphatic heterocycles. The summed E-state index contributed by atoms with van der Waals surface area (Å²) in [5.41, 5.74) is 0.588. The third kappa shape index (κ3) is 4.00. The van der Waals surface area contributed by atoms with Crippen molar-refractivity contribution in [2.75, 3.05) is 11.1 Å². The summed E-state index contributed by atoms with van der Waals surface area (Å²) in [5, 5.41) is 5.05. The maximum absolute atomic E-state index is 12.1. The van der Waals surface area contributed by atoms with Crippen LogP contribution in [0.5, 0.6) is 0 Å². The van der Waals surface area contributed by atoms with E-state index in [0.717, 1.165) is 16.6 Å². The van der Waals surface area contributed by atoms with E-state index >= 15 is 0 Å². The highest BCUT2D eigenvalue weighted by Gasteiger charge is 2.12. The molecule has 0 radical (unpaired) electrons. The van der Waals surface area contributed by atoms with Gasteiger partial charge in [-0.1, -0.05) is 54.0 Å². The highest BCUT2D eigenvalue weighted by Crippen LogP contribution is 2.31. The van der Waals surface area contributed by atoms with Gasteiger partial charge < -0.3 is 5.32 Å². The molecule has 2 heterocycles. The van der Waals surface area contributed by atoms with E-state index in [1.54, 1.807) is 23.5 Å². The first-order valence-corrected chi connectivity index (χ1v) is 9.75. The van der Waals surface area contributed by atoms with Crippen LogP contribution in [-0.4, -0.2) is 21.6 Å². The Labute approximate surface area is 157 Å². The molecule has 0 aliphatic carbocycles. The van der Waals surface area contributed by atoms with Crippen molar-refractivity contribution in [2.45, 2.75) is 18.5 Å². The Hall–Kier alpha value is -1.34. The maximum atomic E-state index is 12.1. The van der Waals surface area contributed by atoms with Crippen LogP contribution in [0.3, 0.4) is 0 Å². The number of carbonyl (C=O) groups is 1. The van der Waals surface area contributed by atoms with E-state index in [0.29, 0.717) is 21.0 Å². The largest absolute Gasteiger partial charge is 0.324 e. The number of aryl methyl sites for hydroxylation is 1. The maximum Gasteiger partial charge on any atom is 0.234 e. The molecular formula is C16H13Cl2N3OS2. The molecule has 0 saturated heterocycles. The van der Waals surface area contributed by atoms with Crippen LogP contribution in [0.1, 0.15) is 11.8 Å². The van der Waals surface area contributed by atoms with Gasteiger partial charge in [0.15, 0.2) is 5.16 Å². The number of thiophene rings is 1. The molecule has 8 heteroatoms. The second kappa shape index (κ2) is 7.70. The molecule has 3 aromatic rings. The lowest BCUT2D eigenvalue weighted by Crippen LogP contribution is -2.14. The summed E-state index contributed by atoms with van der Waals surface area (Å²) in [6, 6.07) is 9.11. The molecule has 0 unspecified atom stereocenters. The van der Waals surface area contributed by atoms with Crippen LogP contribution < -0.4 is 5.32 Å². The van der Waals surface area contributed by atoms with E-state index in [4.69, 9.17) is 23.2 Å². The number of anilines is 1. The predicted molar refractivity (Wildman–Crippen MR) is 103 cm³/mol. The molecule has 124 valence electrons. The second-order valence-corrected chi connectivity index (χ2v) is 7.72. The van der Waals surface area contributed by atoms with Gasteiger partial charge in [0.2, 0.25) is 5.91 Å². The fraction of sp³-hybridized carbons (Fsp3) is 0.188. The zero-order valence-corrected chi connectivity index (χ0v) is 15.8. The van der Waals surface area contributed by atoms with Gasteiger partial charge in [-0.3, -0.25) is 4.79 Å². The second-order valence-electron chi connectivity index (χ2n) is 4.90. The first-order chi connectivity index (χ1) is 11.6. The van der Waals surface area contributed by atoms with Crippen molar-refractivity contribution in [2.24, 2.45) is 0 Å². The van der Waals surface area contributed by atoms with E-state index in [9.17, 15) is 4.79 Å². The van der Waals surface area contributed by atoms with Crippen LogP contribution in [0.15, 0.2) is 35.5 Å². The zero-order chi connectivity index (χ0) is 17.1. The summed E-state index contributed by atoms with van der Waals surface area (Å²) < 4.78 is 0. The number of aromatic nitrogens is 2. The van der Waals surface area contributed by atoms with Crippen LogP contribution in [-0.2, 0) is 11.2 Å². The van der Waals surface area contributed by atoms with Crippen LogP contribution in [0.2, 0.25) is 10.2 Å². The molecule has 0 fully saturated rings. The van der Waals surface area contributed by atoms with Crippen molar-refractivity contribution in [1.82, 2.24) is 9.97 Å². The molecule has 1 amide bonds. The standard InChI is InChI=1S/C16H13Cl2N3OS2/c1-2-9-7-10-14(18)20-16(21-15(10)24-9)23-8-13(22)19-12-6-4-3-5-11(12)17/h3-7H,2,8H2,1H3,(H,19,22). The lowest BCUT2D eigenvalue weighted by atomic mass is 10.3. The molecule has 0 atom stereocenters. The number of halogens is 2. The number of hydrogen-bond acceptors (Lipinski definition) is 5.